The van der Waals surface area contributed by atoms with Crippen molar-refractivity contribution >= 4 is 11.8 Å². The Balaban J connectivity index is 1.29. The molecule has 37 heavy (non-hydrogen) atoms. The number of hydrogen-bond acceptors (Lipinski definition) is 2. The molecular formula is C35H44N2. The molecule has 0 radical (unpaired) electrons. The molecule has 1 unspecified atom stereocenters. The molecule has 2 nitrogen and oxygen atoms in total. The molecule has 1 atom stereocenters. The highest BCUT2D eigenvalue weighted by atomic mass is 15.5. The van der Waals surface area contributed by atoms with Gasteiger partial charge in [0, 0.05) is 0 Å². The fourth-order valence-corrected chi connectivity index (χ4v) is 5.09. The zero-order chi connectivity index (χ0) is 25.5. The Morgan fingerprint density at radius 2 is 1.24 bits per heavy atom. The van der Waals surface area contributed by atoms with Gasteiger partial charge in [-0.15, -0.1) is 0 Å². The molecule has 0 spiro atoms. The summed E-state index contributed by atoms with van der Waals surface area (Å²) >= 11 is 0. The van der Waals surface area contributed by atoms with E-state index in [0.29, 0.717) is 0 Å². The van der Waals surface area contributed by atoms with Gasteiger partial charge in [0.05, 0.1) is 17.4 Å². The van der Waals surface area contributed by atoms with Crippen LogP contribution >= 0.6 is 0 Å². The predicted molar refractivity (Wildman–Crippen MR) is 160 cm³/mol. The number of benzene rings is 3. The maximum Gasteiger partial charge on any atom is 0.0958 e. The van der Waals surface area contributed by atoms with Crippen LogP contribution in [0.15, 0.2) is 103 Å². The molecule has 0 amide bonds. The van der Waals surface area contributed by atoms with E-state index in [0.717, 1.165) is 5.70 Å². The lowest BCUT2D eigenvalue weighted by atomic mass is 10.0. The molecule has 0 fully saturated rings. The van der Waals surface area contributed by atoms with Gasteiger partial charge in [-0.1, -0.05) is 144 Å². The number of anilines is 1. The van der Waals surface area contributed by atoms with Crippen LogP contribution in [0.4, 0.5) is 5.69 Å². The first-order valence-electron chi connectivity index (χ1n) is 14.5. The summed E-state index contributed by atoms with van der Waals surface area (Å²) in [6.45, 7) is 2.29. The fourth-order valence-electron chi connectivity index (χ4n) is 5.09. The van der Waals surface area contributed by atoms with E-state index in [1.165, 1.54) is 93.0 Å². The number of hydrogen-bond donors (Lipinski definition) is 1. The van der Waals surface area contributed by atoms with Crippen LogP contribution in [0.3, 0.4) is 0 Å². The molecular weight excluding hydrogens is 448 g/mol. The van der Waals surface area contributed by atoms with Crippen molar-refractivity contribution in [1.82, 2.24) is 5.43 Å². The Labute approximate surface area is 225 Å². The Bertz CT molecular complexity index is 1080. The second-order valence-electron chi connectivity index (χ2n) is 10.3. The third-order valence-corrected chi connectivity index (χ3v) is 7.29. The van der Waals surface area contributed by atoms with Crippen molar-refractivity contribution in [2.45, 2.75) is 83.6 Å². The van der Waals surface area contributed by atoms with Crippen LogP contribution in [-0.2, 0) is 6.42 Å². The van der Waals surface area contributed by atoms with Crippen molar-refractivity contribution in [3.8, 4) is 0 Å². The summed E-state index contributed by atoms with van der Waals surface area (Å²) in [5, 5.41) is 2.28. The van der Waals surface area contributed by atoms with Crippen LogP contribution in [0, 0.1) is 0 Å². The number of unbranched alkanes of at least 4 members (excludes halogenated alkanes) is 9. The van der Waals surface area contributed by atoms with Crippen LogP contribution in [-0.4, -0.2) is 0 Å². The van der Waals surface area contributed by atoms with Crippen molar-refractivity contribution in [2.24, 2.45) is 0 Å². The molecule has 1 aliphatic rings. The molecule has 1 aliphatic heterocycles. The summed E-state index contributed by atoms with van der Waals surface area (Å²) in [5.74, 6) is 0. The van der Waals surface area contributed by atoms with Gasteiger partial charge in [-0.25, -0.2) is 0 Å². The minimum atomic E-state index is 0.157. The van der Waals surface area contributed by atoms with Crippen molar-refractivity contribution in [3.05, 3.63) is 119 Å². The summed E-state index contributed by atoms with van der Waals surface area (Å²) in [7, 11) is 0. The fraction of sp³-hybridized carbons (Fsp3) is 0.371. The molecule has 194 valence electrons. The van der Waals surface area contributed by atoms with E-state index in [2.05, 4.69) is 121 Å². The van der Waals surface area contributed by atoms with Crippen LogP contribution in [0.25, 0.3) is 6.08 Å². The van der Waals surface area contributed by atoms with Gasteiger partial charge >= 0.3 is 0 Å². The smallest absolute Gasteiger partial charge is 0.0958 e. The van der Waals surface area contributed by atoms with Gasteiger partial charge in [0.25, 0.3) is 0 Å². The highest BCUT2D eigenvalue weighted by Crippen LogP contribution is 2.32. The first kappa shape index (κ1) is 26.8. The number of nitrogens with one attached hydrogen (secondary N) is 1. The lowest BCUT2D eigenvalue weighted by molar-refractivity contribution is 0.556. The minimum absolute atomic E-state index is 0.157. The van der Waals surface area contributed by atoms with Crippen molar-refractivity contribution < 1.29 is 0 Å². The topological polar surface area (TPSA) is 15.3 Å². The monoisotopic (exact) mass is 492 g/mol. The average Bonchev–Trinajstić information content (AvgIpc) is 3.39. The average molecular weight is 493 g/mol. The van der Waals surface area contributed by atoms with Crippen LogP contribution in [0.1, 0.15) is 93.9 Å². The Morgan fingerprint density at radius 3 is 1.89 bits per heavy atom. The second kappa shape index (κ2) is 15.1. The van der Waals surface area contributed by atoms with E-state index in [1.54, 1.807) is 0 Å². The molecule has 1 heterocycles. The summed E-state index contributed by atoms with van der Waals surface area (Å²) in [5.41, 5.74) is 9.88. The molecule has 3 aromatic carbocycles. The largest absolute Gasteiger partial charge is 0.298 e. The van der Waals surface area contributed by atoms with E-state index >= 15 is 0 Å². The standard InChI is InChI=1S/C35H44N2/c1-2-3-4-5-6-7-8-9-10-13-20-31-24-27-34(28-25-31)37-35(32-21-16-12-17-22-32)29-33(36-37)26-23-30-18-14-11-15-19-30/h11-12,14-19,21-29,35-36H,2-10,13,20H2,1H3. The maximum atomic E-state index is 3.64. The Hall–Kier alpha value is -3.26. The zero-order valence-electron chi connectivity index (χ0n) is 22.6. The highest BCUT2D eigenvalue weighted by molar-refractivity contribution is 5.58. The first-order chi connectivity index (χ1) is 18.3. The molecule has 0 saturated carbocycles. The Kier molecular flexibility index (Phi) is 10.9. The van der Waals surface area contributed by atoms with Gasteiger partial charge in [-0.3, -0.25) is 10.4 Å². The maximum absolute atomic E-state index is 3.64. The summed E-state index contributed by atoms with van der Waals surface area (Å²) < 4.78 is 0. The van der Waals surface area contributed by atoms with Crippen LogP contribution in [0.5, 0.6) is 0 Å². The van der Waals surface area contributed by atoms with Crippen molar-refractivity contribution in [1.29, 1.82) is 0 Å². The normalized spacial score (nSPS) is 15.2. The molecule has 1 N–H and O–H groups in total. The Morgan fingerprint density at radius 1 is 0.649 bits per heavy atom. The minimum Gasteiger partial charge on any atom is -0.298 e. The third kappa shape index (κ3) is 8.67. The van der Waals surface area contributed by atoms with Gasteiger partial charge in [0.2, 0.25) is 0 Å². The lowest BCUT2D eigenvalue weighted by Gasteiger charge is -2.27. The van der Waals surface area contributed by atoms with E-state index in [1.807, 2.05) is 0 Å². The quantitative estimate of drug-likeness (QED) is 0.212. The number of nitrogens with zero attached hydrogens (tertiary/aromatic N) is 1. The number of rotatable bonds is 15. The summed E-state index contributed by atoms with van der Waals surface area (Å²) in [6, 6.07) is 30.5. The van der Waals surface area contributed by atoms with Crippen LogP contribution in [0.2, 0.25) is 0 Å². The lowest BCUT2D eigenvalue weighted by Crippen LogP contribution is -2.34. The molecule has 4 rings (SSSR count). The zero-order valence-corrected chi connectivity index (χ0v) is 22.6. The molecule has 2 heteroatoms. The summed E-state index contributed by atoms with van der Waals surface area (Å²) in [4.78, 5) is 0. The van der Waals surface area contributed by atoms with Gasteiger partial charge in [0.1, 0.15) is 0 Å². The van der Waals surface area contributed by atoms with Gasteiger partial charge in [-0.2, -0.15) is 0 Å². The van der Waals surface area contributed by atoms with E-state index in [-0.39, 0.29) is 6.04 Å². The number of allylic oxidation sites excluding steroid dienone is 1. The van der Waals surface area contributed by atoms with Crippen molar-refractivity contribution in [3.63, 3.8) is 0 Å². The highest BCUT2D eigenvalue weighted by Gasteiger charge is 2.25. The van der Waals surface area contributed by atoms with E-state index in [4.69, 9.17) is 0 Å². The number of hydrazine groups is 1. The van der Waals surface area contributed by atoms with Crippen molar-refractivity contribution in [2.75, 3.05) is 5.01 Å². The van der Waals surface area contributed by atoms with E-state index < -0.39 is 0 Å². The third-order valence-electron chi connectivity index (χ3n) is 7.29. The van der Waals surface area contributed by atoms with Gasteiger partial charge in [0.15, 0.2) is 0 Å². The molecule has 0 aromatic heterocycles. The summed E-state index contributed by atoms with van der Waals surface area (Å²) in [6.07, 6.45) is 21.7. The van der Waals surface area contributed by atoms with Gasteiger partial charge in [-0.05, 0) is 53.8 Å². The molecule has 0 saturated heterocycles. The molecule has 3 aromatic rings. The predicted octanol–water partition coefficient (Wildman–Crippen LogP) is 9.81. The first-order valence-corrected chi connectivity index (χ1v) is 14.5. The molecule has 0 aliphatic carbocycles. The SMILES string of the molecule is CCCCCCCCCCCCc1ccc(N2NC(C=Cc3ccccc3)=CC2c2ccccc2)cc1. The molecule has 0 bridgehead atoms. The van der Waals surface area contributed by atoms with E-state index in [9.17, 15) is 0 Å². The number of aryl methyl sites for hydroxylation is 1. The van der Waals surface area contributed by atoms with Crippen LogP contribution < -0.4 is 10.4 Å². The van der Waals surface area contributed by atoms with Gasteiger partial charge < -0.3 is 0 Å². The second-order valence-corrected chi connectivity index (χ2v) is 10.3.